The van der Waals surface area contributed by atoms with Crippen LogP contribution in [0.1, 0.15) is 65.5 Å². The topological polar surface area (TPSA) is 23.5 Å². The first-order valence-electron chi connectivity index (χ1n) is 10.8. The van der Waals surface area contributed by atoms with Gasteiger partial charge in [-0.1, -0.05) is 30.3 Å². The first-order valence-corrected chi connectivity index (χ1v) is 10.8. The second kappa shape index (κ2) is 8.34. The molecule has 4 rings (SSSR count). The molecule has 1 saturated heterocycles. The number of piperidine rings is 1. The highest BCUT2D eigenvalue weighted by atomic mass is 19.1. The summed E-state index contributed by atoms with van der Waals surface area (Å²) in [7, 11) is 0. The molecule has 0 amide bonds. The fourth-order valence-electron chi connectivity index (χ4n) is 5.47. The quantitative estimate of drug-likeness (QED) is 0.729. The monoisotopic (exact) mass is 381 g/mol. The van der Waals surface area contributed by atoms with Crippen molar-refractivity contribution in [2.75, 3.05) is 19.6 Å². The Bertz CT molecular complexity index is 805. The van der Waals surface area contributed by atoms with Gasteiger partial charge in [-0.25, -0.2) is 4.39 Å². The molecule has 1 fully saturated rings. The van der Waals surface area contributed by atoms with Gasteiger partial charge in [0, 0.05) is 6.54 Å². The largest absolute Gasteiger partial charge is 0.388 e. The van der Waals surface area contributed by atoms with Crippen molar-refractivity contribution in [3.63, 3.8) is 0 Å². The lowest BCUT2D eigenvalue weighted by Crippen LogP contribution is -2.37. The van der Waals surface area contributed by atoms with Gasteiger partial charge < -0.3 is 10.0 Å². The summed E-state index contributed by atoms with van der Waals surface area (Å²) >= 11 is 0. The number of rotatable bonds is 3. The molecule has 2 aromatic carbocycles. The number of aryl methyl sites for hydroxylation is 2. The van der Waals surface area contributed by atoms with Crippen LogP contribution < -0.4 is 0 Å². The Hall–Kier alpha value is -1.71. The van der Waals surface area contributed by atoms with Crippen molar-refractivity contribution in [3.8, 4) is 0 Å². The van der Waals surface area contributed by atoms with Gasteiger partial charge >= 0.3 is 0 Å². The third-order valence-corrected chi connectivity index (χ3v) is 6.93. The van der Waals surface area contributed by atoms with Crippen molar-refractivity contribution >= 4 is 0 Å². The maximum atomic E-state index is 14.2. The average Bonchev–Trinajstić information content (AvgIpc) is 2.83. The predicted molar refractivity (Wildman–Crippen MR) is 112 cm³/mol. The molecule has 0 radical (unpaired) electrons. The van der Waals surface area contributed by atoms with Crippen LogP contribution in [0.15, 0.2) is 36.4 Å². The van der Waals surface area contributed by atoms with E-state index in [4.69, 9.17) is 0 Å². The highest BCUT2D eigenvalue weighted by molar-refractivity contribution is 5.37. The van der Waals surface area contributed by atoms with Gasteiger partial charge in [-0.3, -0.25) is 0 Å². The zero-order chi connectivity index (χ0) is 19.7. The second-order valence-corrected chi connectivity index (χ2v) is 8.84. The molecule has 2 aromatic rings. The van der Waals surface area contributed by atoms with E-state index >= 15 is 0 Å². The van der Waals surface area contributed by atoms with Crippen molar-refractivity contribution in [1.82, 2.24) is 4.90 Å². The minimum Gasteiger partial charge on any atom is -0.388 e. The number of likely N-dealkylation sites (tertiary alicyclic amines) is 1. The van der Waals surface area contributed by atoms with Crippen LogP contribution in [-0.2, 0) is 6.42 Å². The van der Waals surface area contributed by atoms with E-state index in [9.17, 15) is 9.50 Å². The number of hydrogen-bond acceptors (Lipinski definition) is 2. The molecule has 150 valence electrons. The van der Waals surface area contributed by atoms with Gasteiger partial charge in [0.1, 0.15) is 5.82 Å². The van der Waals surface area contributed by atoms with Crippen LogP contribution >= 0.6 is 0 Å². The molecule has 1 heterocycles. The van der Waals surface area contributed by atoms with Gasteiger partial charge in [-0.05, 0) is 105 Å². The van der Waals surface area contributed by atoms with Crippen molar-refractivity contribution in [3.05, 3.63) is 70.0 Å². The number of fused-ring (bicyclic) bond motifs is 1. The van der Waals surface area contributed by atoms with Gasteiger partial charge in [-0.15, -0.1) is 0 Å². The molecule has 0 saturated carbocycles. The molecule has 2 nitrogen and oxygen atoms in total. The van der Waals surface area contributed by atoms with Gasteiger partial charge in [-0.2, -0.15) is 0 Å². The minimum absolute atomic E-state index is 0.161. The fraction of sp³-hybridized carbons (Fsp3) is 0.520. The first-order chi connectivity index (χ1) is 13.5. The van der Waals surface area contributed by atoms with Gasteiger partial charge in [0.05, 0.1) is 6.10 Å². The Morgan fingerprint density at radius 3 is 2.39 bits per heavy atom. The lowest BCUT2D eigenvalue weighted by atomic mass is 9.84. The average molecular weight is 382 g/mol. The zero-order valence-corrected chi connectivity index (χ0v) is 17.1. The lowest BCUT2D eigenvalue weighted by Gasteiger charge is -2.35. The summed E-state index contributed by atoms with van der Waals surface area (Å²) in [5, 5.41) is 10.6. The van der Waals surface area contributed by atoms with Crippen molar-refractivity contribution in [1.29, 1.82) is 0 Å². The Balaban J connectivity index is 1.36. The fourth-order valence-corrected chi connectivity index (χ4v) is 5.47. The molecule has 2 aliphatic rings. The van der Waals surface area contributed by atoms with E-state index in [0.717, 1.165) is 50.0 Å². The first kappa shape index (κ1) is 19.6. The van der Waals surface area contributed by atoms with Crippen LogP contribution in [0.5, 0.6) is 0 Å². The number of hydrogen-bond donors (Lipinski definition) is 1. The van der Waals surface area contributed by atoms with Crippen LogP contribution in [0.25, 0.3) is 0 Å². The molecule has 2 unspecified atom stereocenters. The third-order valence-electron chi connectivity index (χ3n) is 6.93. The summed E-state index contributed by atoms with van der Waals surface area (Å²) in [6, 6.07) is 11.8. The Morgan fingerprint density at radius 1 is 1.00 bits per heavy atom. The Labute approximate surface area is 168 Å². The zero-order valence-electron chi connectivity index (χ0n) is 17.1. The number of nitrogens with zero attached hydrogens (tertiary/aromatic N) is 1. The van der Waals surface area contributed by atoms with Crippen LogP contribution in [0, 0.1) is 25.6 Å². The summed E-state index contributed by atoms with van der Waals surface area (Å²) in [4.78, 5) is 2.56. The van der Waals surface area contributed by atoms with E-state index in [0.29, 0.717) is 11.8 Å². The van der Waals surface area contributed by atoms with Gasteiger partial charge in [0.25, 0.3) is 0 Å². The summed E-state index contributed by atoms with van der Waals surface area (Å²) in [6.07, 6.45) is 4.31. The van der Waals surface area contributed by atoms with Crippen molar-refractivity contribution < 1.29 is 9.50 Å². The van der Waals surface area contributed by atoms with E-state index in [2.05, 4.69) is 36.9 Å². The van der Waals surface area contributed by atoms with Crippen LogP contribution in [0.3, 0.4) is 0 Å². The standard InChI is InChI=1S/C25H32FNO/c1-17-5-3-6-18(2)25(17)20-11-13-27(14-12-20)16-19-9-10-21-22(24(28)15-19)7-4-8-23(21)26/h3-8,19-20,24,28H,9-16H2,1-2H3. The van der Waals surface area contributed by atoms with Crippen molar-refractivity contribution in [2.45, 2.75) is 58.0 Å². The number of aliphatic hydroxyl groups excluding tert-OH is 1. The number of benzene rings is 2. The van der Waals surface area contributed by atoms with Crippen LogP contribution in [0.4, 0.5) is 4.39 Å². The maximum Gasteiger partial charge on any atom is 0.126 e. The van der Waals surface area contributed by atoms with E-state index in [1.165, 1.54) is 30.0 Å². The van der Waals surface area contributed by atoms with Crippen LogP contribution in [-0.4, -0.2) is 29.6 Å². The van der Waals surface area contributed by atoms with Crippen LogP contribution in [0.2, 0.25) is 0 Å². The highest BCUT2D eigenvalue weighted by Crippen LogP contribution is 2.36. The summed E-state index contributed by atoms with van der Waals surface area (Å²) in [5.41, 5.74) is 5.93. The third kappa shape index (κ3) is 4.01. The number of halogens is 1. The van der Waals surface area contributed by atoms with E-state index in [-0.39, 0.29) is 5.82 Å². The van der Waals surface area contributed by atoms with Gasteiger partial charge in [0.15, 0.2) is 0 Å². The van der Waals surface area contributed by atoms with E-state index in [1.807, 2.05) is 6.07 Å². The minimum atomic E-state index is -0.537. The van der Waals surface area contributed by atoms with Crippen molar-refractivity contribution in [2.24, 2.45) is 5.92 Å². The molecule has 3 heteroatoms. The molecular formula is C25H32FNO. The molecule has 0 aromatic heterocycles. The second-order valence-electron chi connectivity index (χ2n) is 8.84. The molecule has 1 aliphatic carbocycles. The SMILES string of the molecule is Cc1cccc(C)c1C1CCN(CC2CCc3c(F)cccc3C(O)C2)CC1. The molecule has 1 N–H and O–H groups in total. The smallest absolute Gasteiger partial charge is 0.126 e. The van der Waals surface area contributed by atoms with Gasteiger partial charge in [0.2, 0.25) is 0 Å². The van der Waals surface area contributed by atoms with E-state index in [1.54, 1.807) is 11.6 Å². The van der Waals surface area contributed by atoms with E-state index < -0.39 is 6.10 Å². The normalized spacial score (nSPS) is 24.0. The number of aliphatic hydroxyl groups is 1. The Kier molecular flexibility index (Phi) is 5.84. The molecule has 0 bridgehead atoms. The summed E-state index contributed by atoms with van der Waals surface area (Å²) < 4.78 is 14.2. The molecule has 1 aliphatic heterocycles. The summed E-state index contributed by atoms with van der Waals surface area (Å²) in [5.74, 6) is 0.931. The predicted octanol–water partition coefficient (Wildman–Crippen LogP) is 5.31. The highest BCUT2D eigenvalue weighted by Gasteiger charge is 2.28. The maximum absolute atomic E-state index is 14.2. The molecular weight excluding hydrogens is 349 g/mol. The summed E-state index contributed by atoms with van der Waals surface area (Å²) in [6.45, 7) is 7.72. The Morgan fingerprint density at radius 2 is 1.68 bits per heavy atom. The lowest BCUT2D eigenvalue weighted by molar-refractivity contribution is 0.117. The molecule has 2 atom stereocenters. The molecule has 0 spiro atoms. The molecule has 28 heavy (non-hydrogen) atoms.